The van der Waals surface area contributed by atoms with Gasteiger partial charge in [-0.2, -0.15) is 5.11 Å². The minimum Gasteiger partial charge on any atom is -0.243 e. The molecule has 0 spiro atoms. The smallest absolute Gasteiger partial charge is 0.152 e. The maximum atomic E-state index is 4.12. The summed E-state index contributed by atoms with van der Waals surface area (Å²) in [5.41, 5.74) is 0. The molecule has 3 nitrogen and oxygen atoms in total. The Morgan fingerprint density at radius 1 is 1.45 bits per heavy atom. The van der Waals surface area contributed by atoms with Crippen molar-refractivity contribution in [1.82, 2.24) is 0 Å². The second-order valence-electron chi connectivity index (χ2n) is 3.24. The molecule has 0 aromatic rings. The molecule has 0 aromatic carbocycles. The first kappa shape index (κ1) is 8.37. The molecule has 0 saturated carbocycles. The molecular weight excluding hydrogens is 138 g/mol. The molecule has 0 aromatic heterocycles. The Morgan fingerprint density at radius 2 is 2.27 bits per heavy atom. The SMILES string of the molecule is CC(C)CCCC1=NCN=N1. The molecule has 1 heterocycles. The summed E-state index contributed by atoms with van der Waals surface area (Å²) in [4.78, 5) is 4.12. The van der Waals surface area contributed by atoms with E-state index in [0.717, 1.165) is 18.2 Å². The lowest BCUT2D eigenvalue weighted by Gasteiger charge is -2.01. The van der Waals surface area contributed by atoms with Crippen molar-refractivity contribution in [3.8, 4) is 0 Å². The number of amidine groups is 1. The van der Waals surface area contributed by atoms with Gasteiger partial charge in [0.25, 0.3) is 0 Å². The molecule has 11 heavy (non-hydrogen) atoms. The van der Waals surface area contributed by atoms with Crippen LogP contribution in [-0.2, 0) is 0 Å². The number of hydrogen-bond donors (Lipinski definition) is 0. The third kappa shape index (κ3) is 3.25. The fourth-order valence-electron chi connectivity index (χ4n) is 1.06. The molecule has 1 aliphatic heterocycles. The van der Waals surface area contributed by atoms with E-state index in [0.29, 0.717) is 6.67 Å². The molecule has 0 unspecified atom stereocenters. The first-order chi connectivity index (χ1) is 5.29. The predicted octanol–water partition coefficient (Wildman–Crippen LogP) is 2.63. The van der Waals surface area contributed by atoms with Gasteiger partial charge in [0, 0.05) is 6.42 Å². The Hall–Kier alpha value is -0.730. The number of nitrogens with zero attached hydrogens (tertiary/aromatic N) is 3. The minimum atomic E-state index is 0.553. The van der Waals surface area contributed by atoms with Gasteiger partial charge in [0.2, 0.25) is 0 Å². The summed E-state index contributed by atoms with van der Waals surface area (Å²) in [6.45, 7) is 5.02. The van der Waals surface area contributed by atoms with Gasteiger partial charge >= 0.3 is 0 Å². The average molecular weight is 153 g/mol. The lowest BCUT2D eigenvalue weighted by atomic mass is 10.1. The van der Waals surface area contributed by atoms with E-state index in [1.54, 1.807) is 0 Å². The Kier molecular flexibility index (Phi) is 3.20. The van der Waals surface area contributed by atoms with E-state index in [1.807, 2.05) is 0 Å². The Labute approximate surface area is 67.6 Å². The second kappa shape index (κ2) is 4.21. The van der Waals surface area contributed by atoms with Gasteiger partial charge in [-0.15, -0.1) is 5.11 Å². The molecule has 0 radical (unpaired) electrons. The molecular formula is C8H15N3. The van der Waals surface area contributed by atoms with E-state index < -0.39 is 0 Å². The van der Waals surface area contributed by atoms with Crippen LogP contribution in [0.25, 0.3) is 0 Å². The maximum Gasteiger partial charge on any atom is 0.152 e. The van der Waals surface area contributed by atoms with Crippen LogP contribution in [0.15, 0.2) is 15.2 Å². The first-order valence-corrected chi connectivity index (χ1v) is 4.20. The highest BCUT2D eigenvalue weighted by Crippen LogP contribution is 2.09. The van der Waals surface area contributed by atoms with Crippen LogP contribution < -0.4 is 0 Å². The van der Waals surface area contributed by atoms with E-state index in [1.165, 1.54) is 12.8 Å². The van der Waals surface area contributed by atoms with Crippen molar-refractivity contribution >= 4 is 5.84 Å². The zero-order valence-corrected chi connectivity index (χ0v) is 7.25. The van der Waals surface area contributed by atoms with Crippen molar-refractivity contribution in [2.24, 2.45) is 21.1 Å². The van der Waals surface area contributed by atoms with Crippen LogP contribution in [-0.4, -0.2) is 12.5 Å². The van der Waals surface area contributed by atoms with E-state index >= 15 is 0 Å². The van der Waals surface area contributed by atoms with Crippen LogP contribution in [0.3, 0.4) is 0 Å². The van der Waals surface area contributed by atoms with Crippen LogP contribution in [0.1, 0.15) is 33.1 Å². The highest BCUT2D eigenvalue weighted by atomic mass is 15.2. The molecule has 3 heteroatoms. The standard InChI is InChI=1S/C8H15N3/c1-7(2)4-3-5-8-9-6-10-11-8/h7H,3-6H2,1-2H3. The minimum absolute atomic E-state index is 0.553. The van der Waals surface area contributed by atoms with Crippen LogP contribution >= 0.6 is 0 Å². The Bertz CT molecular complexity index is 170. The summed E-state index contributed by atoms with van der Waals surface area (Å²) in [5.74, 6) is 1.72. The van der Waals surface area contributed by atoms with Gasteiger partial charge in [-0.05, 0) is 12.3 Å². The molecule has 0 atom stereocenters. The average Bonchev–Trinajstić information content (AvgIpc) is 2.39. The van der Waals surface area contributed by atoms with Crippen molar-refractivity contribution in [3.63, 3.8) is 0 Å². The normalized spacial score (nSPS) is 16.1. The number of rotatable bonds is 4. The molecule has 1 rings (SSSR count). The quantitative estimate of drug-likeness (QED) is 0.595. The molecule has 0 saturated heterocycles. The monoisotopic (exact) mass is 153 g/mol. The molecule has 0 bridgehead atoms. The first-order valence-electron chi connectivity index (χ1n) is 4.20. The van der Waals surface area contributed by atoms with Gasteiger partial charge < -0.3 is 0 Å². The lowest BCUT2D eigenvalue weighted by molar-refractivity contribution is 0.564. The number of aliphatic imine (C=N–C) groups is 1. The van der Waals surface area contributed by atoms with Crippen LogP contribution in [0.2, 0.25) is 0 Å². The third-order valence-corrected chi connectivity index (χ3v) is 1.68. The van der Waals surface area contributed by atoms with Crippen LogP contribution in [0.5, 0.6) is 0 Å². The zero-order chi connectivity index (χ0) is 8.10. The van der Waals surface area contributed by atoms with E-state index in [4.69, 9.17) is 0 Å². The van der Waals surface area contributed by atoms with Crippen molar-refractivity contribution in [1.29, 1.82) is 0 Å². The zero-order valence-electron chi connectivity index (χ0n) is 7.25. The highest BCUT2D eigenvalue weighted by Gasteiger charge is 2.02. The third-order valence-electron chi connectivity index (χ3n) is 1.68. The van der Waals surface area contributed by atoms with Crippen molar-refractivity contribution < 1.29 is 0 Å². The second-order valence-corrected chi connectivity index (χ2v) is 3.24. The van der Waals surface area contributed by atoms with Gasteiger partial charge in [-0.3, -0.25) is 0 Å². The molecule has 0 N–H and O–H groups in total. The fraction of sp³-hybridized carbons (Fsp3) is 0.875. The van der Waals surface area contributed by atoms with Gasteiger partial charge in [-0.1, -0.05) is 20.3 Å². The summed E-state index contributed by atoms with van der Waals surface area (Å²) < 4.78 is 0. The van der Waals surface area contributed by atoms with Gasteiger partial charge in [-0.25, -0.2) is 4.99 Å². The summed E-state index contributed by atoms with van der Waals surface area (Å²) in [6, 6.07) is 0. The largest absolute Gasteiger partial charge is 0.243 e. The van der Waals surface area contributed by atoms with Crippen molar-refractivity contribution in [3.05, 3.63) is 0 Å². The highest BCUT2D eigenvalue weighted by molar-refractivity contribution is 5.83. The van der Waals surface area contributed by atoms with Crippen LogP contribution in [0.4, 0.5) is 0 Å². The number of azo groups is 1. The molecule has 0 aliphatic carbocycles. The molecule has 0 fully saturated rings. The molecule has 62 valence electrons. The molecule has 1 aliphatic rings. The van der Waals surface area contributed by atoms with E-state index in [2.05, 4.69) is 29.1 Å². The fourth-order valence-corrected chi connectivity index (χ4v) is 1.06. The van der Waals surface area contributed by atoms with E-state index in [9.17, 15) is 0 Å². The van der Waals surface area contributed by atoms with E-state index in [-0.39, 0.29) is 0 Å². The summed E-state index contributed by atoms with van der Waals surface area (Å²) >= 11 is 0. The summed E-state index contributed by atoms with van der Waals surface area (Å²) in [7, 11) is 0. The lowest BCUT2D eigenvalue weighted by Crippen LogP contribution is -1.93. The van der Waals surface area contributed by atoms with Crippen molar-refractivity contribution in [2.75, 3.05) is 6.67 Å². The van der Waals surface area contributed by atoms with Crippen molar-refractivity contribution in [2.45, 2.75) is 33.1 Å². The van der Waals surface area contributed by atoms with Gasteiger partial charge in [0.05, 0.1) is 0 Å². The van der Waals surface area contributed by atoms with Crippen LogP contribution in [0, 0.1) is 5.92 Å². The Morgan fingerprint density at radius 3 is 2.82 bits per heavy atom. The summed E-state index contributed by atoms with van der Waals surface area (Å²) in [5, 5.41) is 7.69. The number of hydrogen-bond acceptors (Lipinski definition) is 3. The van der Waals surface area contributed by atoms with Gasteiger partial charge in [0.1, 0.15) is 5.84 Å². The topological polar surface area (TPSA) is 37.1 Å². The van der Waals surface area contributed by atoms with Gasteiger partial charge in [0.15, 0.2) is 6.67 Å². The Balaban J connectivity index is 2.08. The predicted molar refractivity (Wildman–Crippen MR) is 45.8 cm³/mol. The summed E-state index contributed by atoms with van der Waals surface area (Å²) in [6.07, 6.45) is 3.45. The molecule has 0 amide bonds. The maximum absolute atomic E-state index is 4.12.